The fourth-order valence-corrected chi connectivity index (χ4v) is 3.15. The maximum absolute atomic E-state index is 12.5. The molecule has 0 aromatic heterocycles. The maximum Gasteiger partial charge on any atom is 0.282 e. The summed E-state index contributed by atoms with van der Waals surface area (Å²) in [6.45, 7) is 3.67. The Kier molecular flexibility index (Phi) is 4.72. The molecular weight excluding hydrogens is 350 g/mol. The van der Waals surface area contributed by atoms with Crippen molar-refractivity contribution in [1.82, 2.24) is 4.90 Å². The molecule has 138 valence electrons. The molecule has 0 spiro atoms. The number of aryl methyl sites for hydroxylation is 2. The van der Waals surface area contributed by atoms with E-state index in [4.69, 9.17) is 0 Å². The van der Waals surface area contributed by atoms with Crippen LogP contribution in [0.4, 0.5) is 11.4 Å². The minimum atomic E-state index is -0.749. The van der Waals surface area contributed by atoms with Crippen LogP contribution in [-0.2, 0) is 4.79 Å². The fraction of sp³-hybridized carbons (Fsp3) is 0.211. The summed E-state index contributed by atoms with van der Waals surface area (Å²) in [6.07, 6.45) is -0.105. The first kappa shape index (κ1) is 18.2. The van der Waals surface area contributed by atoms with E-state index in [-0.39, 0.29) is 30.0 Å². The zero-order valence-electron chi connectivity index (χ0n) is 14.8. The van der Waals surface area contributed by atoms with Crippen LogP contribution in [0.3, 0.4) is 0 Å². The SMILES string of the molecule is Cc1cc(C)cc(NC(=O)CCN2C(=O)c3cccc([N+](=O)[O-])c3C2=O)c1. The number of amides is 3. The van der Waals surface area contributed by atoms with Crippen molar-refractivity contribution in [3.8, 4) is 0 Å². The van der Waals surface area contributed by atoms with Gasteiger partial charge < -0.3 is 5.32 Å². The van der Waals surface area contributed by atoms with Crippen LogP contribution in [-0.4, -0.2) is 34.1 Å². The number of hydrogen-bond acceptors (Lipinski definition) is 5. The Bertz CT molecular complexity index is 963. The third kappa shape index (κ3) is 3.55. The van der Waals surface area contributed by atoms with Gasteiger partial charge in [-0.15, -0.1) is 0 Å². The zero-order chi connectivity index (χ0) is 19.7. The van der Waals surface area contributed by atoms with Crippen molar-refractivity contribution in [1.29, 1.82) is 0 Å². The molecule has 0 saturated heterocycles. The summed E-state index contributed by atoms with van der Waals surface area (Å²) in [5.41, 5.74) is 1.99. The van der Waals surface area contributed by atoms with Gasteiger partial charge >= 0.3 is 0 Å². The summed E-state index contributed by atoms with van der Waals surface area (Å²) in [6, 6.07) is 9.52. The molecule has 27 heavy (non-hydrogen) atoms. The molecule has 0 atom stereocenters. The number of fused-ring (bicyclic) bond motifs is 1. The second-order valence-corrected chi connectivity index (χ2v) is 6.39. The van der Waals surface area contributed by atoms with Crippen LogP contribution in [0.15, 0.2) is 36.4 Å². The van der Waals surface area contributed by atoms with Crippen LogP contribution >= 0.6 is 0 Å². The summed E-state index contributed by atoms with van der Waals surface area (Å²) >= 11 is 0. The standard InChI is InChI=1S/C19H17N3O5/c1-11-8-12(2)10-13(9-11)20-16(23)6-7-21-18(24)14-4-3-5-15(22(26)27)17(14)19(21)25/h3-5,8-10H,6-7H2,1-2H3,(H,20,23). The van der Waals surface area contributed by atoms with Crippen LogP contribution in [0, 0.1) is 24.0 Å². The van der Waals surface area contributed by atoms with Crippen molar-refractivity contribution in [3.63, 3.8) is 0 Å². The highest BCUT2D eigenvalue weighted by Crippen LogP contribution is 2.30. The quantitative estimate of drug-likeness (QED) is 0.496. The summed E-state index contributed by atoms with van der Waals surface area (Å²) < 4.78 is 0. The molecule has 0 unspecified atom stereocenters. The van der Waals surface area contributed by atoms with Crippen LogP contribution < -0.4 is 5.32 Å². The predicted octanol–water partition coefficient (Wildman–Crippen LogP) is 2.84. The molecule has 2 aromatic carbocycles. The Morgan fingerprint density at radius 2 is 1.78 bits per heavy atom. The van der Waals surface area contributed by atoms with Gasteiger partial charge in [-0.3, -0.25) is 29.4 Å². The summed E-state index contributed by atoms with van der Waals surface area (Å²) in [5.74, 6) is -1.73. The van der Waals surface area contributed by atoms with Gasteiger partial charge in [-0.2, -0.15) is 0 Å². The number of carbonyl (C=O) groups is 3. The lowest BCUT2D eigenvalue weighted by atomic mass is 10.1. The third-order valence-corrected chi connectivity index (χ3v) is 4.24. The monoisotopic (exact) mass is 367 g/mol. The van der Waals surface area contributed by atoms with E-state index in [9.17, 15) is 24.5 Å². The number of rotatable bonds is 5. The molecule has 1 aliphatic rings. The summed E-state index contributed by atoms with van der Waals surface area (Å²) in [4.78, 5) is 48.3. The Morgan fingerprint density at radius 3 is 2.41 bits per heavy atom. The Hall–Kier alpha value is -3.55. The van der Waals surface area contributed by atoms with Crippen LogP contribution in [0.5, 0.6) is 0 Å². The zero-order valence-corrected chi connectivity index (χ0v) is 14.8. The topological polar surface area (TPSA) is 110 Å². The van der Waals surface area contributed by atoms with E-state index < -0.39 is 22.4 Å². The molecule has 0 bridgehead atoms. The van der Waals surface area contributed by atoms with Gasteiger partial charge in [0.05, 0.1) is 10.5 Å². The average molecular weight is 367 g/mol. The number of benzene rings is 2. The normalized spacial score (nSPS) is 12.9. The van der Waals surface area contributed by atoms with E-state index in [0.29, 0.717) is 5.69 Å². The smallest absolute Gasteiger partial charge is 0.282 e. The number of carbonyl (C=O) groups excluding carboxylic acids is 3. The van der Waals surface area contributed by atoms with E-state index in [1.807, 2.05) is 32.0 Å². The van der Waals surface area contributed by atoms with Gasteiger partial charge in [-0.25, -0.2) is 0 Å². The Labute approximate surface area is 154 Å². The van der Waals surface area contributed by atoms with Crippen LogP contribution in [0.2, 0.25) is 0 Å². The lowest BCUT2D eigenvalue weighted by molar-refractivity contribution is -0.385. The first-order chi connectivity index (χ1) is 12.8. The summed E-state index contributed by atoms with van der Waals surface area (Å²) in [7, 11) is 0. The average Bonchev–Trinajstić information content (AvgIpc) is 2.83. The van der Waals surface area contributed by atoms with Crippen molar-refractivity contribution in [2.45, 2.75) is 20.3 Å². The number of nitrogens with zero attached hydrogens (tertiary/aromatic N) is 2. The molecule has 1 heterocycles. The second kappa shape index (κ2) is 6.99. The number of anilines is 1. The predicted molar refractivity (Wildman–Crippen MR) is 97.6 cm³/mol. The molecule has 1 aliphatic heterocycles. The van der Waals surface area contributed by atoms with Gasteiger partial charge in [0.15, 0.2) is 0 Å². The third-order valence-electron chi connectivity index (χ3n) is 4.24. The number of nitrogens with one attached hydrogen (secondary N) is 1. The van der Waals surface area contributed by atoms with E-state index in [1.54, 1.807) is 0 Å². The van der Waals surface area contributed by atoms with Gasteiger partial charge in [0.2, 0.25) is 5.91 Å². The van der Waals surface area contributed by atoms with Gasteiger partial charge in [0.1, 0.15) is 5.56 Å². The first-order valence-corrected chi connectivity index (χ1v) is 8.29. The molecule has 1 N–H and O–H groups in total. The van der Waals surface area contributed by atoms with Gasteiger partial charge in [0.25, 0.3) is 17.5 Å². The lowest BCUT2D eigenvalue weighted by Gasteiger charge is -2.13. The molecule has 8 heteroatoms. The van der Waals surface area contributed by atoms with Gasteiger partial charge in [-0.05, 0) is 43.2 Å². The number of imide groups is 1. The van der Waals surface area contributed by atoms with E-state index in [1.165, 1.54) is 18.2 Å². The largest absolute Gasteiger partial charge is 0.326 e. The van der Waals surface area contributed by atoms with Gasteiger partial charge in [0, 0.05) is 24.7 Å². The van der Waals surface area contributed by atoms with Crippen LogP contribution in [0.1, 0.15) is 38.3 Å². The Morgan fingerprint density at radius 1 is 1.11 bits per heavy atom. The molecule has 0 saturated carbocycles. The van der Waals surface area contributed by atoms with E-state index in [2.05, 4.69) is 5.32 Å². The van der Waals surface area contributed by atoms with E-state index in [0.717, 1.165) is 16.0 Å². The van der Waals surface area contributed by atoms with Crippen molar-refractivity contribution in [2.75, 3.05) is 11.9 Å². The van der Waals surface area contributed by atoms with Gasteiger partial charge in [-0.1, -0.05) is 12.1 Å². The van der Waals surface area contributed by atoms with Crippen molar-refractivity contribution in [3.05, 3.63) is 68.8 Å². The molecule has 3 amide bonds. The molecular formula is C19H17N3O5. The molecule has 0 radical (unpaired) electrons. The lowest BCUT2D eigenvalue weighted by Crippen LogP contribution is -2.33. The van der Waals surface area contributed by atoms with E-state index >= 15 is 0 Å². The molecule has 0 fully saturated rings. The van der Waals surface area contributed by atoms with Crippen LogP contribution in [0.25, 0.3) is 0 Å². The minimum absolute atomic E-state index is 0.0103. The van der Waals surface area contributed by atoms with Crippen molar-refractivity contribution in [2.24, 2.45) is 0 Å². The second-order valence-electron chi connectivity index (χ2n) is 6.39. The maximum atomic E-state index is 12.5. The summed E-state index contributed by atoms with van der Waals surface area (Å²) in [5, 5.41) is 13.8. The molecule has 2 aromatic rings. The first-order valence-electron chi connectivity index (χ1n) is 8.29. The molecule has 3 rings (SSSR count). The van der Waals surface area contributed by atoms with Crippen molar-refractivity contribution < 1.29 is 19.3 Å². The highest BCUT2D eigenvalue weighted by molar-refractivity contribution is 6.23. The fourth-order valence-electron chi connectivity index (χ4n) is 3.15. The highest BCUT2D eigenvalue weighted by Gasteiger charge is 2.40. The highest BCUT2D eigenvalue weighted by atomic mass is 16.6. The van der Waals surface area contributed by atoms with Crippen molar-refractivity contribution >= 4 is 29.1 Å². The molecule has 0 aliphatic carbocycles. The number of hydrogen-bond donors (Lipinski definition) is 1. The minimum Gasteiger partial charge on any atom is -0.326 e. The number of nitro groups is 1. The number of nitro benzene ring substituents is 1. The molecule has 8 nitrogen and oxygen atoms in total. The Balaban J connectivity index is 1.71.